The fourth-order valence-corrected chi connectivity index (χ4v) is 2.82. The molecule has 1 aromatic carbocycles. The predicted octanol–water partition coefficient (Wildman–Crippen LogP) is 1.51. The highest BCUT2D eigenvalue weighted by atomic mass is 16.1. The van der Waals surface area contributed by atoms with E-state index in [2.05, 4.69) is 10.2 Å². The van der Waals surface area contributed by atoms with Gasteiger partial charge in [0, 0.05) is 29.9 Å². The maximum absolute atomic E-state index is 11.1. The molecule has 1 heterocycles. The summed E-state index contributed by atoms with van der Waals surface area (Å²) in [6.07, 6.45) is 5.11. The Morgan fingerprint density at radius 3 is 2.53 bits per heavy atom. The van der Waals surface area contributed by atoms with Crippen molar-refractivity contribution in [2.24, 2.45) is 5.73 Å². The topological polar surface area (TPSA) is 58.4 Å². The van der Waals surface area contributed by atoms with Crippen LogP contribution >= 0.6 is 0 Å². The molecule has 0 bridgehead atoms. The van der Waals surface area contributed by atoms with Gasteiger partial charge < -0.3 is 16.0 Å². The van der Waals surface area contributed by atoms with Gasteiger partial charge in [-0.05, 0) is 56.5 Å². The van der Waals surface area contributed by atoms with Crippen LogP contribution in [0, 0.1) is 0 Å². The number of carbonyl (C=O) groups is 1. The van der Waals surface area contributed by atoms with Gasteiger partial charge in [0.2, 0.25) is 5.91 Å². The molecule has 1 saturated carbocycles. The van der Waals surface area contributed by atoms with Crippen molar-refractivity contribution in [2.45, 2.75) is 37.8 Å². The van der Waals surface area contributed by atoms with Gasteiger partial charge in [0.15, 0.2) is 0 Å². The van der Waals surface area contributed by atoms with Gasteiger partial charge in [0.1, 0.15) is 0 Å². The second kappa shape index (κ2) is 5.21. The van der Waals surface area contributed by atoms with E-state index in [1.54, 1.807) is 0 Å². The Labute approximate surface area is 114 Å². The highest BCUT2D eigenvalue weighted by Crippen LogP contribution is 2.32. The second-order valence-electron chi connectivity index (χ2n) is 5.59. The maximum atomic E-state index is 11.1. The second-order valence-corrected chi connectivity index (χ2v) is 5.59. The fourth-order valence-electron chi connectivity index (χ4n) is 2.82. The molecule has 1 unspecified atom stereocenters. The number of hydrogen-bond acceptors (Lipinski definition) is 3. The monoisotopic (exact) mass is 259 g/mol. The van der Waals surface area contributed by atoms with Gasteiger partial charge in [0.25, 0.3) is 0 Å². The molecule has 1 atom stereocenters. The Hall–Kier alpha value is -1.55. The van der Waals surface area contributed by atoms with Crippen LogP contribution in [0.4, 0.5) is 5.69 Å². The van der Waals surface area contributed by atoms with Crippen molar-refractivity contribution in [2.75, 3.05) is 18.0 Å². The summed E-state index contributed by atoms with van der Waals surface area (Å²) in [5, 5.41) is 3.55. The van der Waals surface area contributed by atoms with Crippen LogP contribution in [0.25, 0.3) is 0 Å². The summed E-state index contributed by atoms with van der Waals surface area (Å²) in [6.45, 7) is 2.21. The zero-order valence-corrected chi connectivity index (χ0v) is 11.1. The van der Waals surface area contributed by atoms with E-state index in [9.17, 15) is 4.79 Å². The number of nitrogens with one attached hydrogen (secondary N) is 1. The summed E-state index contributed by atoms with van der Waals surface area (Å²) in [7, 11) is 0. The van der Waals surface area contributed by atoms with Crippen LogP contribution in [0.5, 0.6) is 0 Å². The molecule has 0 radical (unpaired) electrons. The van der Waals surface area contributed by atoms with Crippen molar-refractivity contribution in [1.82, 2.24) is 5.32 Å². The summed E-state index contributed by atoms with van der Waals surface area (Å²) >= 11 is 0. The minimum absolute atomic E-state index is 0.359. The van der Waals surface area contributed by atoms with E-state index in [1.807, 2.05) is 24.3 Å². The SMILES string of the molecule is NC(=O)c1ccc(N(CC2CCCN2)C2CC2)cc1. The largest absolute Gasteiger partial charge is 0.367 e. The number of nitrogens with zero attached hydrogens (tertiary/aromatic N) is 1. The smallest absolute Gasteiger partial charge is 0.248 e. The van der Waals surface area contributed by atoms with Crippen LogP contribution in [0.15, 0.2) is 24.3 Å². The molecule has 102 valence electrons. The lowest BCUT2D eigenvalue weighted by molar-refractivity contribution is 0.100. The highest BCUT2D eigenvalue weighted by Gasteiger charge is 2.31. The molecule has 1 amide bonds. The van der Waals surface area contributed by atoms with Gasteiger partial charge in [0.05, 0.1) is 0 Å². The Morgan fingerprint density at radius 1 is 1.26 bits per heavy atom. The third-order valence-electron chi connectivity index (χ3n) is 4.05. The molecule has 1 aliphatic heterocycles. The Balaban J connectivity index is 1.73. The lowest BCUT2D eigenvalue weighted by Gasteiger charge is -2.28. The molecule has 0 aromatic heterocycles. The van der Waals surface area contributed by atoms with Gasteiger partial charge >= 0.3 is 0 Å². The molecule has 3 rings (SSSR count). The molecule has 0 spiro atoms. The Kier molecular flexibility index (Phi) is 3.42. The number of hydrogen-bond donors (Lipinski definition) is 2. The number of benzene rings is 1. The molecular weight excluding hydrogens is 238 g/mol. The van der Waals surface area contributed by atoms with Crippen molar-refractivity contribution in [3.05, 3.63) is 29.8 Å². The van der Waals surface area contributed by atoms with Crippen molar-refractivity contribution >= 4 is 11.6 Å². The molecular formula is C15H21N3O. The molecule has 1 aromatic rings. The van der Waals surface area contributed by atoms with Crippen molar-refractivity contribution in [3.63, 3.8) is 0 Å². The van der Waals surface area contributed by atoms with Gasteiger partial charge in [-0.15, -0.1) is 0 Å². The molecule has 4 heteroatoms. The first kappa shape index (κ1) is 12.5. The van der Waals surface area contributed by atoms with Crippen LogP contribution in [0.2, 0.25) is 0 Å². The van der Waals surface area contributed by atoms with Crippen molar-refractivity contribution < 1.29 is 4.79 Å². The number of nitrogens with two attached hydrogens (primary N) is 1. The first-order chi connectivity index (χ1) is 9.24. The molecule has 4 nitrogen and oxygen atoms in total. The van der Waals surface area contributed by atoms with Crippen LogP contribution in [0.1, 0.15) is 36.0 Å². The van der Waals surface area contributed by atoms with Crippen LogP contribution < -0.4 is 16.0 Å². The van der Waals surface area contributed by atoms with Gasteiger partial charge in [-0.25, -0.2) is 0 Å². The molecule has 2 fully saturated rings. The average Bonchev–Trinajstić information content (AvgIpc) is 3.13. The maximum Gasteiger partial charge on any atom is 0.248 e. The Morgan fingerprint density at radius 2 is 2.00 bits per heavy atom. The molecule has 1 aliphatic carbocycles. The summed E-state index contributed by atoms with van der Waals surface area (Å²) in [5.74, 6) is -0.359. The van der Waals surface area contributed by atoms with E-state index in [1.165, 1.54) is 31.4 Å². The van der Waals surface area contributed by atoms with E-state index >= 15 is 0 Å². The van der Waals surface area contributed by atoms with E-state index in [0.717, 1.165) is 13.1 Å². The zero-order valence-electron chi connectivity index (χ0n) is 11.1. The third kappa shape index (κ3) is 2.89. The molecule has 2 aliphatic rings. The number of amides is 1. The Bertz CT molecular complexity index is 447. The lowest BCUT2D eigenvalue weighted by atomic mass is 10.1. The standard InChI is InChI=1S/C15H21N3O/c16-15(19)11-3-5-13(6-4-11)18(14-7-8-14)10-12-2-1-9-17-12/h3-6,12,14,17H,1-2,7-10H2,(H2,16,19). The minimum Gasteiger partial charge on any atom is -0.367 e. The summed E-state index contributed by atoms with van der Waals surface area (Å²) in [6, 6.07) is 8.99. The van der Waals surface area contributed by atoms with E-state index in [4.69, 9.17) is 5.73 Å². The van der Waals surface area contributed by atoms with Crippen molar-refractivity contribution in [1.29, 1.82) is 0 Å². The summed E-state index contributed by atoms with van der Waals surface area (Å²) in [4.78, 5) is 13.6. The van der Waals surface area contributed by atoms with Gasteiger partial charge in [-0.2, -0.15) is 0 Å². The molecule has 3 N–H and O–H groups in total. The third-order valence-corrected chi connectivity index (χ3v) is 4.05. The predicted molar refractivity (Wildman–Crippen MR) is 76.4 cm³/mol. The normalized spacial score (nSPS) is 22.4. The zero-order chi connectivity index (χ0) is 13.2. The van der Waals surface area contributed by atoms with Crippen LogP contribution in [-0.2, 0) is 0 Å². The minimum atomic E-state index is -0.359. The first-order valence-corrected chi connectivity index (χ1v) is 7.14. The average molecular weight is 259 g/mol. The van der Waals surface area contributed by atoms with E-state index < -0.39 is 0 Å². The van der Waals surface area contributed by atoms with Crippen molar-refractivity contribution in [3.8, 4) is 0 Å². The summed E-state index contributed by atoms with van der Waals surface area (Å²) in [5.41, 5.74) is 7.07. The van der Waals surface area contributed by atoms with Gasteiger partial charge in [-0.1, -0.05) is 0 Å². The highest BCUT2D eigenvalue weighted by molar-refractivity contribution is 5.93. The number of carbonyl (C=O) groups excluding carboxylic acids is 1. The number of rotatable bonds is 5. The molecule has 1 saturated heterocycles. The van der Waals surface area contributed by atoms with Crippen LogP contribution in [-0.4, -0.2) is 31.1 Å². The number of anilines is 1. The number of primary amides is 1. The quantitative estimate of drug-likeness (QED) is 0.842. The summed E-state index contributed by atoms with van der Waals surface area (Å²) < 4.78 is 0. The van der Waals surface area contributed by atoms with E-state index in [0.29, 0.717) is 17.6 Å². The fraction of sp³-hybridized carbons (Fsp3) is 0.533. The first-order valence-electron chi connectivity index (χ1n) is 7.14. The lowest BCUT2D eigenvalue weighted by Crippen LogP contribution is -2.38. The van der Waals surface area contributed by atoms with Gasteiger partial charge in [-0.3, -0.25) is 4.79 Å². The van der Waals surface area contributed by atoms with Crippen LogP contribution in [0.3, 0.4) is 0 Å². The molecule has 19 heavy (non-hydrogen) atoms. The van der Waals surface area contributed by atoms with E-state index in [-0.39, 0.29) is 5.91 Å².